The van der Waals surface area contributed by atoms with E-state index in [9.17, 15) is 14.0 Å². The number of rotatable bonds is 4. The first-order chi connectivity index (χ1) is 9.52. The van der Waals surface area contributed by atoms with Crippen LogP contribution in [-0.2, 0) is 16.1 Å². The van der Waals surface area contributed by atoms with E-state index in [1.165, 1.54) is 18.2 Å². The summed E-state index contributed by atoms with van der Waals surface area (Å²) >= 11 is 5.90. The van der Waals surface area contributed by atoms with E-state index in [0.717, 1.165) is 0 Å². The number of amides is 2. The Labute approximate surface area is 121 Å². The van der Waals surface area contributed by atoms with Crippen molar-refractivity contribution in [3.05, 3.63) is 34.6 Å². The van der Waals surface area contributed by atoms with Gasteiger partial charge in [-0.05, 0) is 31.0 Å². The van der Waals surface area contributed by atoms with Crippen LogP contribution in [0.1, 0.15) is 25.3 Å². The van der Waals surface area contributed by atoms with Crippen LogP contribution >= 0.6 is 11.6 Å². The largest absolute Gasteiger partial charge is 0.350 e. The highest BCUT2D eigenvalue weighted by Gasteiger charge is 2.34. The number of likely N-dealkylation sites (N-methyl/N-ethyl adjacent to an activating group) is 1. The summed E-state index contributed by atoms with van der Waals surface area (Å²) in [7, 11) is 0. The zero-order valence-electron chi connectivity index (χ0n) is 11.2. The first-order valence-corrected chi connectivity index (χ1v) is 6.91. The first-order valence-electron chi connectivity index (χ1n) is 6.54. The summed E-state index contributed by atoms with van der Waals surface area (Å²) in [6, 6.07) is 3.63. The molecule has 4 nitrogen and oxygen atoms in total. The van der Waals surface area contributed by atoms with Crippen molar-refractivity contribution in [2.45, 2.75) is 32.4 Å². The van der Waals surface area contributed by atoms with Crippen molar-refractivity contribution in [3.8, 4) is 0 Å². The molecule has 1 aromatic rings. The van der Waals surface area contributed by atoms with E-state index in [1.807, 2.05) is 6.92 Å². The van der Waals surface area contributed by atoms with Gasteiger partial charge in [-0.3, -0.25) is 9.59 Å². The Hall–Kier alpha value is -1.62. The Morgan fingerprint density at radius 2 is 2.30 bits per heavy atom. The average Bonchev–Trinajstić information content (AvgIpc) is 2.78. The fourth-order valence-corrected chi connectivity index (χ4v) is 2.60. The van der Waals surface area contributed by atoms with Crippen LogP contribution in [0.15, 0.2) is 18.2 Å². The van der Waals surface area contributed by atoms with E-state index < -0.39 is 11.9 Å². The van der Waals surface area contributed by atoms with Crippen molar-refractivity contribution >= 4 is 23.4 Å². The molecular formula is C14H16ClFN2O2. The number of carbonyl (C=O) groups is 2. The molecular weight excluding hydrogens is 283 g/mol. The summed E-state index contributed by atoms with van der Waals surface area (Å²) in [6.45, 7) is 2.59. The highest BCUT2D eigenvalue weighted by atomic mass is 35.5. The Balaban J connectivity index is 1.97. The van der Waals surface area contributed by atoms with E-state index >= 15 is 0 Å². The second-order valence-corrected chi connectivity index (χ2v) is 5.09. The fraction of sp³-hybridized carbons (Fsp3) is 0.429. The Bertz CT molecular complexity index is 536. The van der Waals surface area contributed by atoms with Gasteiger partial charge in [0.1, 0.15) is 11.9 Å². The molecule has 2 rings (SSSR count). The summed E-state index contributed by atoms with van der Waals surface area (Å²) in [4.78, 5) is 25.2. The maximum absolute atomic E-state index is 12.9. The van der Waals surface area contributed by atoms with Crippen LogP contribution < -0.4 is 5.32 Å². The third-order valence-corrected chi connectivity index (χ3v) is 3.79. The number of likely N-dealkylation sites (tertiary alicyclic amines) is 1. The Morgan fingerprint density at radius 3 is 2.95 bits per heavy atom. The third-order valence-electron chi connectivity index (χ3n) is 3.44. The van der Waals surface area contributed by atoms with Gasteiger partial charge in [0.05, 0.1) is 0 Å². The van der Waals surface area contributed by atoms with Crippen molar-refractivity contribution in [2.24, 2.45) is 0 Å². The molecule has 0 spiro atoms. The minimum atomic E-state index is -0.413. The Kier molecular flexibility index (Phi) is 4.60. The van der Waals surface area contributed by atoms with Crippen LogP contribution in [0.5, 0.6) is 0 Å². The molecule has 6 heteroatoms. The molecule has 1 heterocycles. The molecule has 1 N–H and O–H groups in total. The normalized spacial score (nSPS) is 18.4. The molecule has 1 aliphatic heterocycles. The lowest BCUT2D eigenvalue weighted by Gasteiger charge is -2.22. The summed E-state index contributed by atoms with van der Waals surface area (Å²) < 4.78 is 12.9. The molecule has 0 aliphatic carbocycles. The fourth-order valence-electron chi connectivity index (χ4n) is 2.37. The SMILES string of the molecule is CCN1C(=O)CCC1C(=O)NCc1ccc(F)cc1Cl. The van der Waals surface area contributed by atoms with Crippen LogP contribution in [0, 0.1) is 5.82 Å². The van der Waals surface area contributed by atoms with Gasteiger partial charge < -0.3 is 10.2 Å². The topological polar surface area (TPSA) is 49.4 Å². The van der Waals surface area contributed by atoms with Gasteiger partial charge in [0.25, 0.3) is 0 Å². The highest BCUT2D eigenvalue weighted by Crippen LogP contribution is 2.20. The minimum absolute atomic E-state index is 0.00691. The number of hydrogen-bond donors (Lipinski definition) is 1. The lowest BCUT2D eigenvalue weighted by atomic mass is 10.2. The summed E-state index contributed by atoms with van der Waals surface area (Å²) in [5, 5.41) is 3.02. The molecule has 1 atom stereocenters. The number of halogens is 2. The van der Waals surface area contributed by atoms with Gasteiger partial charge in [-0.1, -0.05) is 17.7 Å². The van der Waals surface area contributed by atoms with Gasteiger partial charge in [0.2, 0.25) is 11.8 Å². The van der Waals surface area contributed by atoms with E-state index in [4.69, 9.17) is 11.6 Å². The van der Waals surface area contributed by atoms with Crippen LogP contribution in [-0.4, -0.2) is 29.3 Å². The second kappa shape index (κ2) is 6.22. The highest BCUT2D eigenvalue weighted by molar-refractivity contribution is 6.31. The monoisotopic (exact) mass is 298 g/mol. The van der Waals surface area contributed by atoms with E-state index in [1.54, 1.807) is 4.90 Å². The minimum Gasteiger partial charge on any atom is -0.350 e. The number of nitrogens with zero attached hydrogens (tertiary/aromatic N) is 1. The molecule has 0 saturated carbocycles. The zero-order valence-corrected chi connectivity index (χ0v) is 11.9. The zero-order chi connectivity index (χ0) is 14.7. The predicted octanol–water partition coefficient (Wildman–Crippen LogP) is 2.11. The van der Waals surface area contributed by atoms with Crippen molar-refractivity contribution < 1.29 is 14.0 Å². The van der Waals surface area contributed by atoms with E-state index in [0.29, 0.717) is 24.9 Å². The molecule has 1 fully saturated rings. The lowest BCUT2D eigenvalue weighted by Crippen LogP contribution is -2.44. The van der Waals surface area contributed by atoms with Gasteiger partial charge in [0, 0.05) is 24.5 Å². The molecule has 1 saturated heterocycles. The molecule has 2 amide bonds. The molecule has 1 aliphatic rings. The van der Waals surface area contributed by atoms with E-state index in [2.05, 4.69) is 5.32 Å². The van der Waals surface area contributed by atoms with Gasteiger partial charge in [-0.15, -0.1) is 0 Å². The maximum Gasteiger partial charge on any atom is 0.243 e. The number of benzene rings is 1. The first kappa shape index (κ1) is 14.8. The van der Waals surface area contributed by atoms with Gasteiger partial charge in [-0.2, -0.15) is 0 Å². The van der Waals surface area contributed by atoms with Crippen LogP contribution in [0.25, 0.3) is 0 Å². The third kappa shape index (κ3) is 3.10. The van der Waals surface area contributed by atoms with Gasteiger partial charge in [-0.25, -0.2) is 4.39 Å². The summed E-state index contributed by atoms with van der Waals surface area (Å²) in [5.41, 5.74) is 0.647. The molecule has 1 unspecified atom stereocenters. The van der Waals surface area contributed by atoms with Crippen LogP contribution in [0.3, 0.4) is 0 Å². The number of hydrogen-bond acceptors (Lipinski definition) is 2. The molecule has 108 valence electrons. The van der Waals surface area contributed by atoms with Crippen molar-refractivity contribution in [1.29, 1.82) is 0 Å². The Morgan fingerprint density at radius 1 is 1.55 bits per heavy atom. The lowest BCUT2D eigenvalue weighted by molar-refractivity contribution is -0.135. The second-order valence-electron chi connectivity index (χ2n) is 4.69. The molecule has 1 aromatic carbocycles. The molecule has 0 aromatic heterocycles. The van der Waals surface area contributed by atoms with Crippen LogP contribution in [0.2, 0.25) is 5.02 Å². The van der Waals surface area contributed by atoms with E-state index in [-0.39, 0.29) is 23.4 Å². The quantitative estimate of drug-likeness (QED) is 0.925. The van der Waals surface area contributed by atoms with Gasteiger partial charge >= 0.3 is 0 Å². The van der Waals surface area contributed by atoms with Crippen molar-refractivity contribution in [3.63, 3.8) is 0 Å². The van der Waals surface area contributed by atoms with Crippen molar-refractivity contribution in [1.82, 2.24) is 10.2 Å². The predicted molar refractivity (Wildman–Crippen MR) is 73.7 cm³/mol. The standard InChI is InChI=1S/C14H16ClFN2O2/c1-2-18-12(5-6-13(18)19)14(20)17-8-9-3-4-10(16)7-11(9)15/h3-4,7,12H,2,5-6,8H2,1H3,(H,17,20). The molecule has 0 radical (unpaired) electrons. The van der Waals surface area contributed by atoms with Gasteiger partial charge in [0.15, 0.2) is 0 Å². The maximum atomic E-state index is 12.9. The molecule has 0 bridgehead atoms. The number of nitrogens with one attached hydrogen (secondary N) is 1. The summed E-state index contributed by atoms with van der Waals surface area (Å²) in [5.74, 6) is -0.603. The van der Waals surface area contributed by atoms with Crippen LogP contribution in [0.4, 0.5) is 4.39 Å². The molecule has 20 heavy (non-hydrogen) atoms. The summed E-state index contributed by atoms with van der Waals surface area (Å²) in [6.07, 6.45) is 0.943. The average molecular weight is 299 g/mol. The number of carbonyl (C=O) groups excluding carboxylic acids is 2. The van der Waals surface area contributed by atoms with Crippen molar-refractivity contribution in [2.75, 3.05) is 6.54 Å². The smallest absolute Gasteiger partial charge is 0.243 e.